The number of aromatic nitrogens is 2. The number of nitrogens with zero attached hydrogens (tertiary/aromatic N) is 3. The Morgan fingerprint density at radius 1 is 1.13 bits per heavy atom. The maximum absolute atomic E-state index is 12.6. The van der Waals surface area contributed by atoms with Gasteiger partial charge in [-0.3, -0.25) is 9.59 Å². The van der Waals surface area contributed by atoms with Crippen molar-refractivity contribution >= 4 is 40.0 Å². The van der Waals surface area contributed by atoms with Gasteiger partial charge in [0.2, 0.25) is 16.9 Å². The van der Waals surface area contributed by atoms with Crippen LogP contribution in [-0.2, 0) is 21.8 Å². The molecule has 2 amide bonds. The number of amides is 2. The van der Waals surface area contributed by atoms with Crippen molar-refractivity contribution in [1.29, 1.82) is 0 Å². The van der Waals surface area contributed by atoms with Gasteiger partial charge in [-0.05, 0) is 24.5 Å². The predicted molar refractivity (Wildman–Crippen MR) is 124 cm³/mol. The van der Waals surface area contributed by atoms with Crippen LogP contribution in [0.5, 0.6) is 0 Å². The van der Waals surface area contributed by atoms with E-state index in [4.69, 9.17) is 0 Å². The summed E-state index contributed by atoms with van der Waals surface area (Å²) in [6, 6.07) is 18.5. The first kappa shape index (κ1) is 21.5. The summed E-state index contributed by atoms with van der Waals surface area (Å²) >= 11 is 2.96. The lowest BCUT2D eigenvalue weighted by Gasteiger charge is -2.16. The van der Waals surface area contributed by atoms with Crippen molar-refractivity contribution in [3.8, 4) is 0 Å². The van der Waals surface area contributed by atoms with E-state index in [1.54, 1.807) is 16.7 Å². The van der Waals surface area contributed by atoms with Crippen LogP contribution in [0.15, 0.2) is 58.9 Å². The highest BCUT2D eigenvalue weighted by Crippen LogP contribution is 2.29. The fraction of sp³-hybridized carbons (Fsp3) is 0.304. The van der Waals surface area contributed by atoms with Gasteiger partial charge < -0.3 is 10.2 Å². The lowest BCUT2D eigenvalue weighted by Crippen LogP contribution is -2.30. The molecule has 0 aliphatic carbocycles. The number of thioether (sulfide) groups is 1. The minimum absolute atomic E-state index is 0.0303. The van der Waals surface area contributed by atoms with E-state index in [1.807, 2.05) is 18.2 Å². The molecular weight excluding hydrogens is 428 g/mol. The van der Waals surface area contributed by atoms with E-state index < -0.39 is 0 Å². The molecule has 4 rings (SSSR count). The van der Waals surface area contributed by atoms with Crippen molar-refractivity contribution in [2.24, 2.45) is 5.92 Å². The Labute approximate surface area is 190 Å². The van der Waals surface area contributed by atoms with Crippen LogP contribution in [-0.4, -0.2) is 40.0 Å². The Hall–Kier alpha value is -2.71. The third kappa shape index (κ3) is 5.92. The van der Waals surface area contributed by atoms with E-state index in [2.05, 4.69) is 58.8 Å². The lowest BCUT2D eigenvalue weighted by molar-refractivity contribution is -0.128. The minimum atomic E-state index is -0.351. The van der Waals surface area contributed by atoms with Crippen molar-refractivity contribution in [1.82, 2.24) is 15.1 Å². The largest absolute Gasteiger partial charge is 0.342 e. The molecule has 1 saturated heterocycles. The molecule has 0 radical (unpaired) electrons. The smallest absolute Gasteiger partial charge is 0.231 e. The number of benzene rings is 2. The van der Waals surface area contributed by atoms with Crippen molar-refractivity contribution in [3.05, 3.63) is 71.3 Å². The molecule has 1 atom stereocenters. The second-order valence-electron chi connectivity index (χ2n) is 7.61. The number of carbonyl (C=O) groups excluding carboxylic acids is 2. The lowest BCUT2D eigenvalue weighted by atomic mass is 10.1. The monoisotopic (exact) mass is 452 g/mol. The van der Waals surface area contributed by atoms with Crippen LogP contribution in [0, 0.1) is 12.8 Å². The molecule has 31 heavy (non-hydrogen) atoms. The van der Waals surface area contributed by atoms with Crippen LogP contribution in [0.1, 0.15) is 23.1 Å². The topological polar surface area (TPSA) is 75.2 Å². The molecule has 3 aromatic rings. The van der Waals surface area contributed by atoms with E-state index in [0.29, 0.717) is 18.2 Å². The number of nitrogens with one attached hydrogen (secondary N) is 1. The molecule has 0 saturated carbocycles. The average molecular weight is 453 g/mol. The van der Waals surface area contributed by atoms with Crippen molar-refractivity contribution in [2.45, 2.75) is 29.9 Å². The number of likely N-dealkylation sites (tertiary alicyclic amines) is 1. The second kappa shape index (κ2) is 10.1. The Balaban J connectivity index is 1.25. The molecule has 2 aromatic carbocycles. The standard InChI is InChI=1S/C23H24N4O2S2/c1-16-7-9-18(10-8-16)15-30-23-26-25-22(31-23)24-21(29)19-13-20(28)27(14-19)12-11-17-5-3-2-4-6-17/h2-10,19H,11-15H2,1H3,(H,24,25,29). The van der Waals surface area contributed by atoms with Gasteiger partial charge in [0.25, 0.3) is 0 Å². The van der Waals surface area contributed by atoms with E-state index in [9.17, 15) is 9.59 Å². The van der Waals surface area contributed by atoms with Crippen LogP contribution < -0.4 is 5.32 Å². The second-order valence-corrected chi connectivity index (χ2v) is 9.81. The quantitative estimate of drug-likeness (QED) is 0.410. The van der Waals surface area contributed by atoms with Crippen LogP contribution in [0.25, 0.3) is 0 Å². The SMILES string of the molecule is Cc1ccc(CSc2nnc(NC(=O)C3CC(=O)N(CCc4ccccc4)C3)s2)cc1. The van der Waals surface area contributed by atoms with Gasteiger partial charge in [0.15, 0.2) is 4.34 Å². The van der Waals surface area contributed by atoms with E-state index in [0.717, 1.165) is 16.5 Å². The van der Waals surface area contributed by atoms with Crippen LogP contribution >= 0.6 is 23.1 Å². The summed E-state index contributed by atoms with van der Waals surface area (Å²) < 4.78 is 0.808. The molecule has 8 heteroatoms. The third-order valence-electron chi connectivity index (χ3n) is 5.22. The molecular formula is C23H24N4O2S2. The van der Waals surface area contributed by atoms with Gasteiger partial charge in [-0.2, -0.15) is 0 Å². The fourth-order valence-corrected chi connectivity index (χ4v) is 5.14. The summed E-state index contributed by atoms with van der Waals surface area (Å²) in [5, 5.41) is 11.6. The average Bonchev–Trinajstić information content (AvgIpc) is 3.39. The number of hydrogen-bond donors (Lipinski definition) is 1. The Morgan fingerprint density at radius 3 is 2.68 bits per heavy atom. The Bertz CT molecular complexity index is 1040. The maximum atomic E-state index is 12.6. The normalized spacial score (nSPS) is 16.0. The molecule has 1 aliphatic rings. The van der Waals surface area contributed by atoms with Gasteiger partial charge in [-0.1, -0.05) is 83.3 Å². The van der Waals surface area contributed by atoms with Crippen molar-refractivity contribution < 1.29 is 9.59 Å². The zero-order valence-corrected chi connectivity index (χ0v) is 18.9. The van der Waals surface area contributed by atoms with E-state index >= 15 is 0 Å². The van der Waals surface area contributed by atoms with Crippen LogP contribution in [0.2, 0.25) is 0 Å². The summed E-state index contributed by atoms with van der Waals surface area (Å²) in [7, 11) is 0. The summed E-state index contributed by atoms with van der Waals surface area (Å²) in [6.07, 6.45) is 1.04. The molecule has 1 N–H and O–H groups in total. The Morgan fingerprint density at radius 2 is 1.90 bits per heavy atom. The summed E-state index contributed by atoms with van der Waals surface area (Å²) in [5.41, 5.74) is 3.64. The van der Waals surface area contributed by atoms with Gasteiger partial charge in [0, 0.05) is 25.3 Å². The number of carbonyl (C=O) groups is 2. The van der Waals surface area contributed by atoms with Crippen molar-refractivity contribution in [3.63, 3.8) is 0 Å². The number of rotatable bonds is 8. The van der Waals surface area contributed by atoms with Gasteiger partial charge in [-0.25, -0.2) is 0 Å². The summed E-state index contributed by atoms with van der Waals surface area (Å²) in [5.74, 6) is 0.316. The molecule has 1 aliphatic heterocycles. The first-order valence-electron chi connectivity index (χ1n) is 10.2. The van der Waals surface area contributed by atoms with E-state index in [1.165, 1.54) is 28.0 Å². The summed E-state index contributed by atoms with van der Waals surface area (Å²) in [4.78, 5) is 26.7. The fourth-order valence-electron chi connectivity index (χ4n) is 3.43. The van der Waals surface area contributed by atoms with Crippen LogP contribution in [0.3, 0.4) is 0 Å². The molecule has 6 nitrogen and oxygen atoms in total. The highest BCUT2D eigenvalue weighted by molar-refractivity contribution is 8.00. The Kier molecular flexibility index (Phi) is 6.99. The number of hydrogen-bond acceptors (Lipinski definition) is 6. The number of anilines is 1. The minimum Gasteiger partial charge on any atom is -0.342 e. The first-order chi connectivity index (χ1) is 15.1. The molecule has 1 unspecified atom stereocenters. The van der Waals surface area contributed by atoms with Crippen molar-refractivity contribution in [2.75, 3.05) is 18.4 Å². The molecule has 1 aromatic heterocycles. The molecule has 160 valence electrons. The predicted octanol–water partition coefficient (Wildman–Crippen LogP) is 4.17. The molecule has 0 spiro atoms. The third-order valence-corrected chi connectivity index (χ3v) is 7.26. The zero-order chi connectivity index (χ0) is 21.6. The highest BCUT2D eigenvalue weighted by Gasteiger charge is 2.34. The molecule has 0 bridgehead atoms. The van der Waals surface area contributed by atoms with Gasteiger partial charge >= 0.3 is 0 Å². The number of aryl methyl sites for hydroxylation is 1. The van der Waals surface area contributed by atoms with Gasteiger partial charge in [0.05, 0.1) is 5.92 Å². The van der Waals surface area contributed by atoms with E-state index in [-0.39, 0.29) is 24.2 Å². The molecule has 1 fully saturated rings. The first-order valence-corrected chi connectivity index (χ1v) is 12.0. The zero-order valence-electron chi connectivity index (χ0n) is 17.3. The maximum Gasteiger partial charge on any atom is 0.231 e. The van der Waals surface area contributed by atoms with Gasteiger partial charge in [0.1, 0.15) is 0 Å². The van der Waals surface area contributed by atoms with Crippen LogP contribution in [0.4, 0.5) is 5.13 Å². The summed E-state index contributed by atoms with van der Waals surface area (Å²) in [6.45, 7) is 3.15. The highest BCUT2D eigenvalue weighted by atomic mass is 32.2. The van der Waals surface area contributed by atoms with Gasteiger partial charge in [-0.15, -0.1) is 10.2 Å². The molecule has 2 heterocycles.